The van der Waals surface area contributed by atoms with Crippen molar-refractivity contribution in [1.82, 2.24) is 24.6 Å². The van der Waals surface area contributed by atoms with E-state index in [1.54, 1.807) is 24.3 Å². The van der Waals surface area contributed by atoms with E-state index in [-0.39, 0.29) is 18.5 Å². The van der Waals surface area contributed by atoms with Gasteiger partial charge in [-0.15, -0.1) is 0 Å². The molecule has 1 saturated heterocycles. The Kier molecular flexibility index (Phi) is 9.64. The lowest BCUT2D eigenvalue weighted by molar-refractivity contribution is -0.143. The van der Waals surface area contributed by atoms with Gasteiger partial charge in [-0.1, -0.05) is 42.5 Å². The van der Waals surface area contributed by atoms with Crippen molar-refractivity contribution < 1.29 is 32.6 Å². The van der Waals surface area contributed by atoms with E-state index in [9.17, 15) is 27.9 Å². The summed E-state index contributed by atoms with van der Waals surface area (Å²) in [5, 5.41) is 13.0. The first kappa shape index (κ1) is 32.5. The number of piperidine rings is 1. The van der Waals surface area contributed by atoms with E-state index in [0.717, 1.165) is 37.1 Å². The van der Waals surface area contributed by atoms with Gasteiger partial charge >= 0.3 is 18.2 Å². The molecular weight excluding hydrogens is 599 g/mol. The highest BCUT2D eigenvalue weighted by molar-refractivity contribution is 5.89. The molecule has 0 bridgehead atoms. The topological polar surface area (TPSA) is 101 Å². The first-order valence-corrected chi connectivity index (χ1v) is 15.2. The normalized spacial score (nSPS) is 13.9. The monoisotopic (exact) mass is 635 g/mol. The fourth-order valence-electron chi connectivity index (χ4n) is 5.88. The molecule has 2 amide bonds. The lowest BCUT2D eigenvalue weighted by Crippen LogP contribution is -2.46. The number of nitrogens with zero attached hydrogens (tertiary/aromatic N) is 5. The van der Waals surface area contributed by atoms with Gasteiger partial charge in [-0.3, -0.25) is 0 Å². The van der Waals surface area contributed by atoms with Crippen LogP contribution >= 0.6 is 0 Å². The summed E-state index contributed by atoms with van der Waals surface area (Å²) < 4.78 is 48.2. The summed E-state index contributed by atoms with van der Waals surface area (Å²) in [4.78, 5) is 32.4. The Morgan fingerprint density at radius 2 is 1.74 bits per heavy atom. The van der Waals surface area contributed by atoms with Crippen LogP contribution in [0.5, 0.6) is 5.75 Å². The van der Waals surface area contributed by atoms with E-state index in [2.05, 4.69) is 22.2 Å². The number of aryl methyl sites for hydroxylation is 1. The van der Waals surface area contributed by atoms with Crippen molar-refractivity contribution in [1.29, 1.82) is 0 Å². The van der Waals surface area contributed by atoms with Crippen LogP contribution in [0.25, 0.3) is 17.1 Å². The molecule has 5 rings (SSSR count). The molecule has 0 radical (unpaired) electrons. The maximum atomic E-state index is 13.8. The molecule has 2 aromatic heterocycles. The van der Waals surface area contributed by atoms with E-state index < -0.39 is 23.4 Å². The molecule has 0 unspecified atom stereocenters. The quantitative estimate of drug-likeness (QED) is 0.209. The summed E-state index contributed by atoms with van der Waals surface area (Å²) in [6.07, 6.45) is -2.49. The lowest BCUT2D eigenvalue weighted by Gasteiger charge is -2.35. The van der Waals surface area contributed by atoms with Crippen LogP contribution in [0.1, 0.15) is 65.3 Å². The van der Waals surface area contributed by atoms with Crippen molar-refractivity contribution in [2.45, 2.75) is 52.3 Å². The molecule has 1 aliphatic rings. The summed E-state index contributed by atoms with van der Waals surface area (Å²) in [6.45, 7) is 9.01. The molecule has 0 saturated carbocycles. The third kappa shape index (κ3) is 6.85. The standard InChI is InChI=1S/C34H36F3N5O4/c1-4-40(5-2)33(45)41-17-15-23(16-18-41)24-13-14-29(22(3)19-24)46-21-25-9-6-7-10-26(25)28-11-8-12-30(39-28)42-31(34(35,36)37)27(20-38-42)32(43)44/h6-14,19-20,23H,4-5,15-18,21H2,1-3H3,(H,43,44). The van der Waals surface area contributed by atoms with E-state index in [4.69, 9.17) is 4.74 Å². The van der Waals surface area contributed by atoms with Gasteiger partial charge < -0.3 is 19.6 Å². The molecule has 2 aromatic carbocycles. The molecule has 4 aromatic rings. The minimum atomic E-state index is -4.96. The minimum absolute atomic E-state index is 0.102. The van der Waals surface area contributed by atoms with Crippen LogP contribution < -0.4 is 4.74 Å². The number of hydrogen-bond acceptors (Lipinski definition) is 5. The summed E-state index contributed by atoms with van der Waals surface area (Å²) in [6, 6.07) is 18.1. The van der Waals surface area contributed by atoms with Gasteiger partial charge in [0.1, 0.15) is 17.9 Å². The zero-order valence-corrected chi connectivity index (χ0v) is 25.9. The SMILES string of the molecule is CCN(CC)C(=O)N1CCC(c2ccc(OCc3ccccc3-c3cccc(-n4ncc(C(=O)O)c4C(F)(F)F)n3)c(C)c2)CC1. The van der Waals surface area contributed by atoms with E-state index >= 15 is 0 Å². The van der Waals surface area contributed by atoms with Gasteiger partial charge in [0.25, 0.3) is 0 Å². The number of rotatable bonds is 9. The summed E-state index contributed by atoms with van der Waals surface area (Å²) in [7, 11) is 0. The van der Waals surface area contributed by atoms with Crippen molar-refractivity contribution in [3.63, 3.8) is 0 Å². The Morgan fingerprint density at radius 1 is 1.02 bits per heavy atom. The molecular formula is C34H36F3N5O4. The molecule has 0 spiro atoms. The molecule has 1 aliphatic heterocycles. The molecule has 0 atom stereocenters. The number of halogens is 3. The fraction of sp³-hybridized carbons (Fsp3) is 0.353. The second kappa shape index (κ2) is 13.6. The maximum Gasteiger partial charge on any atom is 0.434 e. The smallest absolute Gasteiger partial charge is 0.434 e. The van der Waals surface area contributed by atoms with Gasteiger partial charge in [0.15, 0.2) is 11.5 Å². The number of hydrogen-bond donors (Lipinski definition) is 1. The number of amides is 2. The molecule has 242 valence electrons. The number of urea groups is 1. The number of likely N-dealkylation sites (tertiary alicyclic amines) is 1. The summed E-state index contributed by atoms with van der Waals surface area (Å²) in [5.74, 6) is -0.829. The van der Waals surface area contributed by atoms with Gasteiger partial charge in [0.2, 0.25) is 0 Å². The average Bonchev–Trinajstić information content (AvgIpc) is 3.52. The van der Waals surface area contributed by atoms with Gasteiger partial charge in [0, 0.05) is 31.7 Å². The molecule has 46 heavy (non-hydrogen) atoms. The predicted octanol–water partition coefficient (Wildman–Crippen LogP) is 7.18. The number of ether oxygens (including phenoxy) is 1. The minimum Gasteiger partial charge on any atom is -0.489 e. The summed E-state index contributed by atoms with van der Waals surface area (Å²) >= 11 is 0. The van der Waals surface area contributed by atoms with Crippen molar-refractivity contribution in [3.05, 3.63) is 94.8 Å². The number of carbonyl (C=O) groups excluding carboxylic acids is 1. The van der Waals surface area contributed by atoms with Crippen LogP contribution in [0, 0.1) is 6.92 Å². The van der Waals surface area contributed by atoms with Crippen molar-refractivity contribution >= 4 is 12.0 Å². The predicted molar refractivity (Wildman–Crippen MR) is 166 cm³/mol. The van der Waals surface area contributed by atoms with Crippen LogP contribution in [0.2, 0.25) is 0 Å². The molecule has 9 nitrogen and oxygen atoms in total. The van der Waals surface area contributed by atoms with Crippen molar-refractivity contribution in [2.75, 3.05) is 26.2 Å². The number of carboxylic acid groups (broad SMARTS) is 1. The lowest BCUT2D eigenvalue weighted by atomic mass is 9.88. The van der Waals surface area contributed by atoms with Gasteiger partial charge in [-0.25, -0.2) is 19.3 Å². The highest BCUT2D eigenvalue weighted by atomic mass is 19.4. The Balaban J connectivity index is 1.30. The Labute approximate surface area is 265 Å². The van der Waals surface area contributed by atoms with E-state index in [1.807, 2.05) is 48.8 Å². The van der Waals surface area contributed by atoms with Crippen LogP contribution in [0.4, 0.5) is 18.0 Å². The number of aromatic carboxylic acids is 1. The highest BCUT2D eigenvalue weighted by Crippen LogP contribution is 2.35. The molecule has 1 fully saturated rings. The highest BCUT2D eigenvalue weighted by Gasteiger charge is 2.41. The zero-order chi connectivity index (χ0) is 33.0. The zero-order valence-electron chi connectivity index (χ0n) is 25.9. The van der Waals surface area contributed by atoms with E-state index in [0.29, 0.717) is 46.9 Å². The number of benzene rings is 2. The van der Waals surface area contributed by atoms with Crippen LogP contribution in [0.15, 0.2) is 66.9 Å². The first-order chi connectivity index (χ1) is 22.0. The second-order valence-electron chi connectivity index (χ2n) is 11.2. The average molecular weight is 636 g/mol. The van der Waals surface area contributed by atoms with E-state index in [1.165, 1.54) is 11.6 Å². The third-order valence-corrected chi connectivity index (χ3v) is 8.37. The second-order valence-corrected chi connectivity index (χ2v) is 11.2. The van der Waals surface area contributed by atoms with Gasteiger partial charge in [0.05, 0.1) is 11.9 Å². The van der Waals surface area contributed by atoms with Gasteiger partial charge in [-0.2, -0.15) is 18.3 Å². The first-order valence-electron chi connectivity index (χ1n) is 15.2. The number of carboxylic acids is 1. The fourth-order valence-corrected chi connectivity index (χ4v) is 5.88. The summed E-state index contributed by atoms with van der Waals surface area (Å²) in [5.41, 5.74) is 1.64. The molecule has 12 heteroatoms. The Hall–Kier alpha value is -4.87. The largest absolute Gasteiger partial charge is 0.489 e. The number of aromatic nitrogens is 3. The van der Waals surface area contributed by atoms with Crippen LogP contribution in [0.3, 0.4) is 0 Å². The number of alkyl halides is 3. The molecule has 0 aliphatic carbocycles. The third-order valence-electron chi connectivity index (χ3n) is 8.37. The van der Waals surface area contributed by atoms with Gasteiger partial charge in [-0.05, 0) is 74.4 Å². The number of pyridine rings is 1. The van der Waals surface area contributed by atoms with Crippen LogP contribution in [-0.2, 0) is 12.8 Å². The maximum absolute atomic E-state index is 13.8. The van der Waals surface area contributed by atoms with Crippen LogP contribution in [-0.4, -0.2) is 67.9 Å². The Morgan fingerprint density at radius 3 is 2.39 bits per heavy atom. The Bertz CT molecular complexity index is 1710. The molecule has 1 N–H and O–H groups in total. The molecule has 3 heterocycles. The van der Waals surface area contributed by atoms with Crippen molar-refractivity contribution in [3.8, 4) is 22.8 Å². The number of carbonyl (C=O) groups is 2. The van der Waals surface area contributed by atoms with Crippen molar-refractivity contribution in [2.24, 2.45) is 0 Å².